The van der Waals surface area contributed by atoms with Gasteiger partial charge in [-0.15, -0.1) is 11.3 Å². The SMILES string of the molecule is CC(C)(O)[C@@H]1CCCN1C(=O)c1sc2c(c1Nc1ccc(F)cc1F)C=CCN2c1ccccc1. The summed E-state index contributed by atoms with van der Waals surface area (Å²) >= 11 is 1.34. The van der Waals surface area contributed by atoms with Crippen molar-refractivity contribution in [1.29, 1.82) is 0 Å². The first-order valence-corrected chi connectivity index (χ1v) is 12.5. The summed E-state index contributed by atoms with van der Waals surface area (Å²) in [6, 6.07) is 12.9. The Labute approximate surface area is 207 Å². The van der Waals surface area contributed by atoms with E-state index in [0.29, 0.717) is 30.1 Å². The summed E-state index contributed by atoms with van der Waals surface area (Å²) < 4.78 is 28.1. The van der Waals surface area contributed by atoms with Crippen LogP contribution in [0.1, 0.15) is 41.9 Å². The van der Waals surface area contributed by atoms with E-state index in [1.54, 1.807) is 18.7 Å². The van der Waals surface area contributed by atoms with Gasteiger partial charge in [-0.2, -0.15) is 0 Å². The first kappa shape index (κ1) is 23.5. The minimum Gasteiger partial charge on any atom is -0.388 e. The summed E-state index contributed by atoms with van der Waals surface area (Å²) in [7, 11) is 0. The largest absolute Gasteiger partial charge is 0.388 e. The predicted octanol–water partition coefficient (Wildman–Crippen LogP) is 6.31. The summed E-state index contributed by atoms with van der Waals surface area (Å²) in [6.45, 7) is 4.61. The molecule has 1 saturated heterocycles. The molecule has 0 bridgehead atoms. The quantitative estimate of drug-likeness (QED) is 0.436. The summed E-state index contributed by atoms with van der Waals surface area (Å²) in [6.07, 6.45) is 5.45. The highest BCUT2D eigenvalue weighted by Crippen LogP contribution is 2.47. The molecule has 8 heteroatoms. The van der Waals surface area contributed by atoms with Crippen molar-refractivity contribution < 1.29 is 18.7 Å². The number of amides is 1. The third-order valence-corrected chi connectivity index (χ3v) is 7.74. The highest BCUT2D eigenvalue weighted by Gasteiger charge is 2.40. The molecule has 1 aromatic heterocycles. The third-order valence-electron chi connectivity index (χ3n) is 6.53. The number of anilines is 4. The molecule has 2 aliphatic rings. The molecule has 0 saturated carbocycles. The van der Waals surface area contributed by atoms with E-state index in [2.05, 4.69) is 10.2 Å². The van der Waals surface area contributed by atoms with Gasteiger partial charge in [0.25, 0.3) is 5.91 Å². The molecule has 2 aromatic carbocycles. The van der Waals surface area contributed by atoms with Crippen molar-refractivity contribution in [2.75, 3.05) is 23.3 Å². The van der Waals surface area contributed by atoms with Gasteiger partial charge < -0.3 is 20.2 Å². The van der Waals surface area contributed by atoms with Gasteiger partial charge in [-0.25, -0.2) is 8.78 Å². The van der Waals surface area contributed by atoms with Crippen LogP contribution in [0.15, 0.2) is 54.6 Å². The number of hydrogen-bond donors (Lipinski definition) is 2. The van der Waals surface area contributed by atoms with E-state index in [9.17, 15) is 18.7 Å². The van der Waals surface area contributed by atoms with E-state index in [1.165, 1.54) is 23.5 Å². The monoisotopic (exact) mass is 495 g/mol. The number of carbonyl (C=O) groups excluding carboxylic acids is 1. The average Bonchev–Trinajstić information content (AvgIpc) is 3.46. The van der Waals surface area contributed by atoms with Crippen molar-refractivity contribution in [1.82, 2.24) is 4.90 Å². The van der Waals surface area contributed by atoms with Crippen LogP contribution in [0.5, 0.6) is 0 Å². The second-order valence-corrected chi connectivity index (χ2v) is 10.4. The second-order valence-electron chi connectivity index (χ2n) is 9.43. The van der Waals surface area contributed by atoms with Crippen molar-refractivity contribution in [3.8, 4) is 0 Å². The van der Waals surface area contributed by atoms with Gasteiger partial charge in [0.15, 0.2) is 0 Å². The average molecular weight is 496 g/mol. The van der Waals surface area contributed by atoms with E-state index in [1.807, 2.05) is 42.5 Å². The van der Waals surface area contributed by atoms with Gasteiger partial charge in [0.2, 0.25) is 0 Å². The highest BCUT2D eigenvalue weighted by molar-refractivity contribution is 7.19. The van der Waals surface area contributed by atoms with Crippen molar-refractivity contribution >= 4 is 45.4 Å². The molecular formula is C27H27F2N3O2S. The van der Waals surface area contributed by atoms with Gasteiger partial charge in [0, 0.05) is 30.4 Å². The van der Waals surface area contributed by atoms with Gasteiger partial charge in [-0.1, -0.05) is 30.4 Å². The van der Waals surface area contributed by atoms with E-state index >= 15 is 0 Å². The number of nitrogens with one attached hydrogen (secondary N) is 1. The lowest BCUT2D eigenvalue weighted by Crippen LogP contribution is -2.48. The third kappa shape index (κ3) is 4.44. The minimum absolute atomic E-state index is 0.0896. The van der Waals surface area contributed by atoms with Gasteiger partial charge in [-0.05, 0) is 51.0 Å². The molecule has 35 heavy (non-hydrogen) atoms. The Morgan fingerprint density at radius 2 is 1.94 bits per heavy atom. The van der Waals surface area contributed by atoms with Crippen molar-refractivity contribution in [3.63, 3.8) is 0 Å². The second kappa shape index (κ2) is 9.09. The fraction of sp³-hybridized carbons (Fsp3) is 0.296. The number of para-hydroxylation sites is 1. The summed E-state index contributed by atoms with van der Waals surface area (Å²) in [5.74, 6) is -1.61. The Morgan fingerprint density at radius 3 is 2.66 bits per heavy atom. The van der Waals surface area contributed by atoms with Crippen LogP contribution in [-0.2, 0) is 0 Å². The fourth-order valence-corrected chi connectivity index (χ4v) is 6.08. The lowest BCUT2D eigenvalue weighted by Gasteiger charge is -2.33. The van der Waals surface area contributed by atoms with Gasteiger partial charge in [0.05, 0.1) is 23.0 Å². The number of hydrogen-bond acceptors (Lipinski definition) is 5. The van der Waals surface area contributed by atoms with Crippen LogP contribution in [0.3, 0.4) is 0 Å². The normalized spacial score (nSPS) is 17.6. The van der Waals surface area contributed by atoms with Crippen LogP contribution < -0.4 is 10.2 Å². The van der Waals surface area contributed by atoms with Crippen LogP contribution in [0.2, 0.25) is 0 Å². The van der Waals surface area contributed by atoms with E-state index in [4.69, 9.17) is 0 Å². The topological polar surface area (TPSA) is 55.8 Å². The number of aliphatic hydroxyl groups is 1. The maximum absolute atomic E-state index is 14.6. The van der Waals surface area contributed by atoms with Gasteiger partial charge in [0.1, 0.15) is 21.5 Å². The Kier molecular flexibility index (Phi) is 6.11. The maximum Gasteiger partial charge on any atom is 0.266 e. The molecule has 182 valence electrons. The summed E-state index contributed by atoms with van der Waals surface area (Å²) in [4.78, 5) is 18.2. The fourth-order valence-electron chi connectivity index (χ4n) is 4.85. The van der Waals surface area contributed by atoms with Crippen LogP contribution in [0, 0.1) is 11.6 Å². The number of carbonyl (C=O) groups is 1. The lowest BCUT2D eigenvalue weighted by molar-refractivity contribution is 0.000551. The molecule has 5 rings (SSSR count). The zero-order valence-corrected chi connectivity index (χ0v) is 20.4. The molecule has 0 aliphatic carbocycles. The van der Waals surface area contributed by atoms with Gasteiger partial charge >= 0.3 is 0 Å². The Hall–Kier alpha value is -3.23. The number of thiophene rings is 1. The molecule has 3 aromatic rings. The molecule has 2 N–H and O–H groups in total. The van der Waals surface area contributed by atoms with Gasteiger partial charge in [-0.3, -0.25) is 4.79 Å². The summed E-state index contributed by atoms with van der Waals surface area (Å²) in [5.41, 5.74) is 1.28. The molecular weight excluding hydrogens is 468 g/mol. The Balaban J connectivity index is 1.62. The van der Waals surface area contributed by atoms with Crippen LogP contribution in [0.4, 0.5) is 30.8 Å². The van der Waals surface area contributed by atoms with Crippen molar-refractivity contribution in [2.45, 2.75) is 38.3 Å². The number of likely N-dealkylation sites (tertiary alicyclic amines) is 1. The molecule has 2 aliphatic heterocycles. The number of nitrogens with zero attached hydrogens (tertiary/aromatic N) is 2. The molecule has 0 spiro atoms. The molecule has 3 heterocycles. The van der Waals surface area contributed by atoms with Crippen LogP contribution in [-0.4, -0.2) is 40.6 Å². The maximum atomic E-state index is 14.6. The first-order chi connectivity index (χ1) is 16.7. The molecule has 5 nitrogen and oxygen atoms in total. The van der Waals surface area contributed by atoms with Crippen molar-refractivity contribution in [3.05, 3.63) is 76.7 Å². The van der Waals surface area contributed by atoms with Crippen molar-refractivity contribution in [2.24, 2.45) is 0 Å². The molecule has 1 atom stereocenters. The number of rotatable bonds is 5. The molecule has 0 radical (unpaired) electrons. The zero-order chi connectivity index (χ0) is 24.7. The van der Waals surface area contributed by atoms with E-state index < -0.39 is 17.2 Å². The number of benzene rings is 2. The minimum atomic E-state index is -1.05. The number of halogens is 2. The zero-order valence-electron chi connectivity index (χ0n) is 19.6. The van der Waals surface area contributed by atoms with E-state index in [0.717, 1.165) is 28.7 Å². The Morgan fingerprint density at radius 1 is 1.17 bits per heavy atom. The lowest BCUT2D eigenvalue weighted by atomic mass is 9.96. The highest BCUT2D eigenvalue weighted by atomic mass is 32.1. The number of fused-ring (bicyclic) bond motifs is 1. The molecule has 1 fully saturated rings. The molecule has 0 unspecified atom stereocenters. The smallest absolute Gasteiger partial charge is 0.266 e. The van der Waals surface area contributed by atoms with Crippen LogP contribution in [0.25, 0.3) is 6.08 Å². The molecule has 1 amide bonds. The van der Waals surface area contributed by atoms with E-state index in [-0.39, 0.29) is 17.6 Å². The van der Waals surface area contributed by atoms with Crippen LogP contribution >= 0.6 is 11.3 Å². The Bertz CT molecular complexity index is 1280. The summed E-state index contributed by atoms with van der Waals surface area (Å²) in [5, 5.41) is 14.6. The predicted molar refractivity (Wildman–Crippen MR) is 137 cm³/mol. The standard InChI is InChI=1S/C27H27F2N3O2S/c1-27(2,34)22-11-7-15-32(22)25(33)24-23(30-21-13-12-17(28)16-20(21)29)19-10-6-14-31(26(19)35-24)18-8-4-3-5-9-18/h3-6,8-10,12-13,16,22,30,34H,7,11,14-15H2,1-2H3/t22-/m0/s1. The first-order valence-electron chi connectivity index (χ1n) is 11.7.